The van der Waals surface area contributed by atoms with Crippen LogP contribution < -0.4 is 20.1 Å². The molecule has 0 aliphatic rings. The van der Waals surface area contributed by atoms with Crippen LogP contribution in [0.4, 0.5) is 5.82 Å². The fourth-order valence-corrected chi connectivity index (χ4v) is 3.71. The van der Waals surface area contributed by atoms with Crippen molar-refractivity contribution in [1.29, 1.82) is 0 Å². The van der Waals surface area contributed by atoms with Crippen molar-refractivity contribution >= 4 is 40.6 Å². The number of nitrogens with one attached hydrogen (secondary N) is 2. The van der Waals surface area contributed by atoms with Gasteiger partial charge >= 0.3 is 0 Å². The number of rotatable bonds is 12. The Morgan fingerprint density at radius 1 is 1.15 bits per heavy atom. The standard InChI is InChI=1S/C23H30N6O3S/c1-5-11-25-21-17-15-26-29(22(17)28-23(27-21)33-6-2)13-12-24-20(30)10-8-16-7-9-18(31-3)19(14-16)32-4/h7-10,14-15H,5-6,11-13H2,1-4H3,(H,24,30)(H,25,27,28). The maximum Gasteiger partial charge on any atom is 0.244 e. The van der Waals surface area contributed by atoms with Gasteiger partial charge < -0.3 is 20.1 Å². The molecule has 1 amide bonds. The summed E-state index contributed by atoms with van der Waals surface area (Å²) in [5, 5.41) is 12.3. The minimum atomic E-state index is -0.191. The molecule has 0 radical (unpaired) electrons. The van der Waals surface area contributed by atoms with Crippen LogP contribution in [0.3, 0.4) is 0 Å². The summed E-state index contributed by atoms with van der Waals surface area (Å²) in [7, 11) is 3.16. The van der Waals surface area contributed by atoms with Gasteiger partial charge in [-0.05, 0) is 35.9 Å². The number of carbonyl (C=O) groups excluding carboxylic acids is 1. The Hall–Kier alpha value is -3.27. The number of hydrogen-bond acceptors (Lipinski definition) is 8. The number of anilines is 1. The maximum absolute atomic E-state index is 12.3. The summed E-state index contributed by atoms with van der Waals surface area (Å²) >= 11 is 1.59. The number of benzene rings is 1. The quantitative estimate of drug-likeness (QED) is 0.235. The lowest BCUT2D eigenvalue weighted by molar-refractivity contribution is -0.116. The fourth-order valence-electron chi connectivity index (χ4n) is 3.14. The van der Waals surface area contributed by atoms with Crippen molar-refractivity contribution in [2.24, 2.45) is 0 Å². The number of methoxy groups -OCH3 is 2. The van der Waals surface area contributed by atoms with E-state index in [1.807, 2.05) is 12.1 Å². The van der Waals surface area contributed by atoms with Crippen LogP contribution in [0, 0.1) is 0 Å². The molecule has 176 valence electrons. The smallest absolute Gasteiger partial charge is 0.244 e. The van der Waals surface area contributed by atoms with Gasteiger partial charge in [0.15, 0.2) is 22.3 Å². The second kappa shape index (κ2) is 12.1. The molecule has 33 heavy (non-hydrogen) atoms. The Morgan fingerprint density at radius 3 is 2.70 bits per heavy atom. The molecule has 0 bridgehead atoms. The molecule has 2 aromatic heterocycles. The number of hydrogen-bond donors (Lipinski definition) is 2. The van der Waals surface area contributed by atoms with Gasteiger partial charge in [0.25, 0.3) is 0 Å². The molecule has 2 heterocycles. The zero-order valence-corrected chi connectivity index (χ0v) is 20.2. The molecule has 3 aromatic rings. The normalized spacial score (nSPS) is 11.2. The number of aromatic nitrogens is 4. The predicted molar refractivity (Wildman–Crippen MR) is 132 cm³/mol. The Labute approximate surface area is 198 Å². The molecule has 0 atom stereocenters. The van der Waals surface area contributed by atoms with E-state index in [1.54, 1.807) is 49.0 Å². The molecule has 0 unspecified atom stereocenters. The van der Waals surface area contributed by atoms with Crippen LogP contribution in [-0.4, -0.2) is 58.7 Å². The maximum atomic E-state index is 12.3. The van der Waals surface area contributed by atoms with E-state index >= 15 is 0 Å². The topological polar surface area (TPSA) is 103 Å². The van der Waals surface area contributed by atoms with Crippen molar-refractivity contribution < 1.29 is 14.3 Å². The van der Waals surface area contributed by atoms with Crippen molar-refractivity contribution in [3.8, 4) is 11.5 Å². The Morgan fingerprint density at radius 2 is 1.97 bits per heavy atom. The minimum Gasteiger partial charge on any atom is -0.493 e. The summed E-state index contributed by atoms with van der Waals surface area (Å²) in [6, 6.07) is 5.47. The van der Waals surface area contributed by atoms with Gasteiger partial charge in [0.2, 0.25) is 5.91 Å². The summed E-state index contributed by atoms with van der Waals surface area (Å²) < 4.78 is 12.3. The highest BCUT2D eigenvalue weighted by Crippen LogP contribution is 2.28. The second-order valence-electron chi connectivity index (χ2n) is 7.06. The zero-order valence-electron chi connectivity index (χ0n) is 19.4. The third kappa shape index (κ3) is 6.38. The van der Waals surface area contributed by atoms with Crippen LogP contribution in [-0.2, 0) is 11.3 Å². The lowest BCUT2D eigenvalue weighted by Gasteiger charge is -2.09. The lowest BCUT2D eigenvalue weighted by atomic mass is 10.2. The number of fused-ring (bicyclic) bond motifs is 1. The van der Waals surface area contributed by atoms with E-state index in [0.29, 0.717) is 29.7 Å². The molecule has 0 aliphatic carbocycles. The van der Waals surface area contributed by atoms with Gasteiger partial charge in [0.1, 0.15) is 5.82 Å². The number of nitrogens with zero attached hydrogens (tertiary/aromatic N) is 4. The molecular weight excluding hydrogens is 440 g/mol. The van der Waals surface area contributed by atoms with E-state index in [1.165, 1.54) is 6.08 Å². The Bertz CT molecular complexity index is 1120. The molecule has 3 rings (SSSR count). The average molecular weight is 471 g/mol. The summed E-state index contributed by atoms with van der Waals surface area (Å²) in [6.45, 7) is 5.93. The van der Waals surface area contributed by atoms with Crippen molar-refractivity contribution in [2.75, 3.05) is 38.4 Å². The largest absolute Gasteiger partial charge is 0.493 e. The van der Waals surface area contributed by atoms with Crippen molar-refractivity contribution in [1.82, 2.24) is 25.1 Å². The minimum absolute atomic E-state index is 0.191. The molecule has 1 aromatic carbocycles. The lowest BCUT2D eigenvalue weighted by Crippen LogP contribution is -2.25. The zero-order chi connectivity index (χ0) is 23.6. The van der Waals surface area contributed by atoms with Crippen LogP contribution in [0.5, 0.6) is 11.5 Å². The summed E-state index contributed by atoms with van der Waals surface area (Å²) in [6.07, 6.45) is 5.99. The molecule has 9 nitrogen and oxygen atoms in total. The molecule has 0 spiro atoms. The van der Waals surface area contributed by atoms with Crippen molar-refractivity contribution in [3.63, 3.8) is 0 Å². The first-order valence-electron chi connectivity index (χ1n) is 10.9. The second-order valence-corrected chi connectivity index (χ2v) is 8.29. The van der Waals surface area contributed by atoms with Crippen LogP contribution in [0.25, 0.3) is 17.1 Å². The molecule has 0 fully saturated rings. The van der Waals surface area contributed by atoms with E-state index in [9.17, 15) is 4.79 Å². The van der Waals surface area contributed by atoms with E-state index in [-0.39, 0.29) is 5.91 Å². The number of ether oxygens (including phenoxy) is 2. The first kappa shape index (κ1) is 24.4. The van der Waals surface area contributed by atoms with Crippen LogP contribution >= 0.6 is 11.8 Å². The molecule has 0 saturated heterocycles. The Kier molecular flexibility index (Phi) is 8.94. The molecule has 0 aliphatic heterocycles. The van der Waals surface area contributed by atoms with Crippen LogP contribution in [0.15, 0.2) is 35.6 Å². The number of carbonyl (C=O) groups is 1. The van der Waals surface area contributed by atoms with Gasteiger partial charge in [0.05, 0.1) is 32.3 Å². The highest BCUT2D eigenvalue weighted by Gasteiger charge is 2.13. The third-order valence-electron chi connectivity index (χ3n) is 4.75. The van der Waals surface area contributed by atoms with E-state index in [2.05, 4.69) is 39.5 Å². The van der Waals surface area contributed by atoms with E-state index in [0.717, 1.165) is 41.1 Å². The third-order valence-corrected chi connectivity index (χ3v) is 5.48. The van der Waals surface area contributed by atoms with Crippen LogP contribution in [0.1, 0.15) is 25.8 Å². The first-order chi connectivity index (χ1) is 16.1. The first-order valence-corrected chi connectivity index (χ1v) is 11.9. The fraction of sp³-hybridized carbons (Fsp3) is 0.391. The number of amides is 1. The van der Waals surface area contributed by atoms with Gasteiger partial charge in [-0.15, -0.1) is 0 Å². The van der Waals surface area contributed by atoms with Gasteiger partial charge in [-0.2, -0.15) is 5.10 Å². The summed E-state index contributed by atoms with van der Waals surface area (Å²) in [5.74, 6) is 2.74. The van der Waals surface area contributed by atoms with Gasteiger partial charge in [-0.1, -0.05) is 31.7 Å². The molecule has 2 N–H and O–H groups in total. The van der Waals surface area contributed by atoms with Crippen molar-refractivity contribution in [2.45, 2.75) is 32.0 Å². The van der Waals surface area contributed by atoms with Gasteiger partial charge in [-0.25, -0.2) is 14.6 Å². The highest BCUT2D eigenvalue weighted by atomic mass is 32.2. The van der Waals surface area contributed by atoms with E-state index in [4.69, 9.17) is 9.47 Å². The highest BCUT2D eigenvalue weighted by molar-refractivity contribution is 7.99. The van der Waals surface area contributed by atoms with Crippen molar-refractivity contribution in [3.05, 3.63) is 36.0 Å². The number of thioether (sulfide) groups is 1. The van der Waals surface area contributed by atoms with Gasteiger partial charge in [0, 0.05) is 19.2 Å². The summed E-state index contributed by atoms with van der Waals surface area (Å²) in [4.78, 5) is 21.6. The average Bonchev–Trinajstić information content (AvgIpc) is 3.24. The molecule has 10 heteroatoms. The molecule has 0 saturated carbocycles. The predicted octanol–water partition coefficient (Wildman–Crippen LogP) is 3.61. The van der Waals surface area contributed by atoms with Gasteiger partial charge in [-0.3, -0.25) is 4.79 Å². The van der Waals surface area contributed by atoms with E-state index < -0.39 is 0 Å². The molecular formula is C23H30N6O3S. The Balaban J connectivity index is 1.64. The summed E-state index contributed by atoms with van der Waals surface area (Å²) in [5.41, 5.74) is 1.60. The van der Waals surface area contributed by atoms with Crippen LogP contribution in [0.2, 0.25) is 0 Å². The SMILES string of the molecule is CCCNc1nc(SCC)nc2c1cnn2CCNC(=O)C=Cc1ccc(OC)c(OC)c1. The monoisotopic (exact) mass is 470 g/mol.